The van der Waals surface area contributed by atoms with Crippen molar-refractivity contribution in [2.45, 2.75) is 24.8 Å². The maximum absolute atomic E-state index is 13.7. The molecule has 0 radical (unpaired) electrons. The van der Waals surface area contributed by atoms with Crippen LogP contribution in [0.5, 0.6) is 0 Å². The Labute approximate surface area is 188 Å². The minimum atomic E-state index is -3.11. The van der Waals surface area contributed by atoms with Crippen LogP contribution in [0.3, 0.4) is 0 Å². The number of nitriles is 1. The van der Waals surface area contributed by atoms with Crippen LogP contribution in [0.2, 0.25) is 0 Å². The summed E-state index contributed by atoms with van der Waals surface area (Å²) in [5, 5.41) is 9.63. The van der Waals surface area contributed by atoms with Crippen LogP contribution in [0.25, 0.3) is 23.1 Å². The van der Waals surface area contributed by atoms with Crippen molar-refractivity contribution in [3.05, 3.63) is 71.2 Å². The molecular formula is C24H19F2N5O2. The van der Waals surface area contributed by atoms with Crippen molar-refractivity contribution in [3.63, 3.8) is 0 Å². The molecular weight excluding hydrogens is 428 g/mol. The molecule has 2 N–H and O–H groups in total. The van der Waals surface area contributed by atoms with Gasteiger partial charge in [-0.25, -0.2) is 8.78 Å². The molecule has 33 heavy (non-hydrogen) atoms. The van der Waals surface area contributed by atoms with Gasteiger partial charge in [0.25, 0.3) is 5.92 Å². The van der Waals surface area contributed by atoms with Gasteiger partial charge >= 0.3 is 0 Å². The number of pyridine rings is 2. The van der Waals surface area contributed by atoms with Crippen LogP contribution >= 0.6 is 0 Å². The number of hydrogen-bond donors (Lipinski definition) is 1. The number of hydrogen-bond acceptors (Lipinski definition) is 5. The molecule has 9 heteroatoms. The first-order valence-electron chi connectivity index (χ1n) is 10.2. The summed E-state index contributed by atoms with van der Waals surface area (Å²) in [5.74, 6) is -4.47. The third-order valence-electron chi connectivity index (χ3n) is 5.36. The number of benzene rings is 1. The summed E-state index contributed by atoms with van der Waals surface area (Å²) in [6, 6.07) is 12.7. The smallest absolute Gasteiger partial charge is 0.268 e. The van der Waals surface area contributed by atoms with Crippen LogP contribution in [-0.2, 0) is 11.2 Å². The molecule has 1 unspecified atom stereocenters. The summed E-state index contributed by atoms with van der Waals surface area (Å²) in [7, 11) is 0. The minimum absolute atomic E-state index is 0.166. The lowest BCUT2D eigenvalue weighted by Gasteiger charge is -2.19. The maximum atomic E-state index is 13.7. The molecule has 2 aromatic heterocycles. The molecule has 2 amide bonds. The lowest BCUT2D eigenvalue weighted by atomic mass is 10.0. The number of likely N-dealkylation sites (tertiary alicyclic amines) is 1. The maximum Gasteiger partial charge on any atom is 0.268 e. The van der Waals surface area contributed by atoms with Crippen molar-refractivity contribution < 1.29 is 18.4 Å². The molecule has 0 saturated carbocycles. The van der Waals surface area contributed by atoms with E-state index in [9.17, 15) is 18.4 Å². The number of aromatic nitrogens is 2. The Morgan fingerprint density at radius 2 is 2.06 bits per heavy atom. The van der Waals surface area contributed by atoms with Crippen LogP contribution < -0.4 is 5.73 Å². The summed E-state index contributed by atoms with van der Waals surface area (Å²) in [5.41, 5.74) is 7.94. The number of rotatable bonds is 5. The van der Waals surface area contributed by atoms with Gasteiger partial charge in [-0.15, -0.1) is 0 Å². The van der Waals surface area contributed by atoms with Crippen molar-refractivity contribution in [2.24, 2.45) is 5.73 Å². The molecule has 1 saturated heterocycles. The van der Waals surface area contributed by atoms with E-state index in [-0.39, 0.29) is 17.7 Å². The molecule has 1 aliphatic heterocycles. The number of fused-ring (bicyclic) bond motifs is 1. The number of amides is 2. The van der Waals surface area contributed by atoms with E-state index in [0.29, 0.717) is 10.9 Å². The van der Waals surface area contributed by atoms with Crippen molar-refractivity contribution >= 4 is 34.9 Å². The molecule has 3 aromatic rings. The van der Waals surface area contributed by atoms with E-state index < -0.39 is 36.7 Å². The first-order chi connectivity index (χ1) is 15.8. The summed E-state index contributed by atoms with van der Waals surface area (Å²) < 4.78 is 27.4. The molecule has 166 valence electrons. The van der Waals surface area contributed by atoms with Gasteiger partial charge in [0, 0.05) is 18.0 Å². The van der Waals surface area contributed by atoms with Crippen molar-refractivity contribution in [1.82, 2.24) is 14.9 Å². The largest absolute Gasteiger partial charge is 0.366 e. The third kappa shape index (κ3) is 4.85. The van der Waals surface area contributed by atoms with Crippen molar-refractivity contribution in [2.75, 3.05) is 6.54 Å². The second kappa shape index (κ2) is 8.74. The number of alkyl halides is 2. The molecule has 1 fully saturated rings. The highest BCUT2D eigenvalue weighted by molar-refractivity contribution is 6.06. The number of primary amides is 1. The topological polar surface area (TPSA) is 113 Å². The molecule has 0 aliphatic carbocycles. The molecule has 1 aliphatic rings. The van der Waals surface area contributed by atoms with Crippen molar-refractivity contribution in [3.8, 4) is 6.07 Å². The minimum Gasteiger partial charge on any atom is -0.366 e. The molecule has 1 atom stereocenters. The van der Waals surface area contributed by atoms with E-state index >= 15 is 0 Å². The summed E-state index contributed by atoms with van der Waals surface area (Å²) in [4.78, 5) is 34.2. The van der Waals surface area contributed by atoms with Gasteiger partial charge < -0.3 is 10.6 Å². The highest BCUT2D eigenvalue weighted by Crippen LogP contribution is 2.32. The Kier molecular flexibility index (Phi) is 5.84. The second-order valence-corrected chi connectivity index (χ2v) is 7.79. The van der Waals surface area contributed by atoms with Gasteiger partial charge in [-0.3, -0.25) is 19.6 Å². The normalized spacial score (nSPS) is 17.4. The van der Waals surface area contributed by atoms with E-state index in [2.05, 4.69) is 9.97 Å². The second-order valence-electron chi connectivity index (χ2n) is 7.79. The summed E-state index contributed by atoms with van der Waals surface area (Å²) >= 11 is 0. The molecule has 4 rings (SSSR count). The zero-order valence-corrected chi connectivity index (χ0v) is 17.4. The Hall–Kier alpha value is -4.19. The monoisotopic (exact) mass is 447 g/mol. The fraction of sp³-hybridized carbons (Fsp3) is 0.208. The standard InChI is InChI=1S/C24H19F2N5O2/c25-24(26)12-18(13-27)31(14-24)22(32)11-17-10-20(23(28)33)19-9-15(5-7-21(19)30-17)4-6-16-3-1-2-8-29-16/h1-10,18H,11-12,14H2,(H2,28,33)/b6-4+. The zero-order chi connectivity index (χ0) is 23.6. The predicted octanol–water partition coefficient (Wildman–Crippen LogP) is 3.20. The Bertz CT molecular complexity index is 1300. The average molecular weight is 447 g/mol. The fourth-order valence-corrected chi connectivity index (χ4v) is 3.80. The first kappa shape index (κ1) is 22.0. The summed E-state index contributed by atoms with van der Waals surface area (Å²) in [6.07, 6.45) is 4.32. The Morgan fingerprint density at radius 3 is 2.76 bits per heavy atom. The van der Waals surface area contributed by atoms with Gasteiger partial charge in [0.15, 0.2) is 0 Å². The van der Waals surface area contributed by atoms with Crippen LogP contribution in [-0.4, -0.2) is 45.2 Å². The number of carbonyl (C=O) groups is 2. The third-order valence-corrected chi connectivity index (χ3v) is 5.36. The Balaban J connectivity index is 1.63. The highest BCUT2D eigenvalue weighted by Gasteiger charge is 2.47. The highest BCUT2D eigenvalue weighted by atomic mass is 19.3. The van der Waals surface area contributed by atoms with Crippen LogP contribution in [0.4, 0.5) is 8.78 Å². The number of nitrogens with two attached hydrogens (primary N) is 1. The van der Waals surface area contributed by atoms with E-state index in [0.717, 1.165) is 16.2 Å². The van der Waals surface area contributed by atoms with Gasteiger partial charge in [0.2, 0.25) is 11.8 Å². The molecule has 7 nitrogen and oxygen atoms in total. The number of carbonyl (C=O) groups excluding carboxylic acids is 2. The molecule has 3 heterocycles. The van der Waals surface area contributed by atoms with Gasteiger partial charge in [-0.05, 0) is 42.0 Å². The zero-order valence-electron chi connectivity index (χ0n) is 17.4. The average Bonchev–Trinajstić information content (AvgIpc) is 3.12. The summed E-state index contributed by atoms with van der Waals surface area (Å²) in [6.45, 7) is -0.813. The van der Waals surface area contributed by atoms with Crippen LogP contribution in [0.15, 0.2) is 48.7 Å². The molecule has 0 bridgehead atoms. The van der Waals surface area contributed by atoms with Crippen LogP contribution in [0.1, 0.15) is 33.7 Å². The first-order valence-corrected chi connectivity index (χ1v) is 10.2. The lowest BCUT2D eigenvalue weighted by molar-refractivity contribution is -0.131. The van der Waals surface area contributed by atoms with Gasteiger partial charge in [0.05, 0.1) is 41.5 Å². The quantitative estimate of drug-likeness (QED) is 0.645. The number of nitrogens with zero attached hydrogens (tertiary/aromatic N) is 4. The van der Waals surface area contributed by atoms with Crippen LogP contribution in [0, 0.1) is 11.3 Å². The SMILES string of the molecule is N#CC1CC(F)(F)CN1C(=O)Cc1cc(C(N)=O)c2cc(/C=C/c3ccccn3)ccc2n1. The predicted molar refractivity (Wildman–Crippen MR) is 118 cm³/mol. The van der Waals surface area contributed by atoms with Gasteiger partial charge in [-0.1, -0.05) is 18.2 Å². The van der Waals surface area contributed by atoms with E-state index in [4.69, 9.17) is 11.0 Å². The molecule has 0 spiro atoms. The molecule has 1 aromatic carbocycles. The van der Waals surface area contributed by atoms with Gasteiger partial charge in [0.1, 0.15) is 6.04 Å². The van der Waals surface area contributed by atoms with Crippen molar-refractivity contribution in [1.29, 1.82) is 5.26 Å². The number of halogens is 2. The Morgan fingerprint density at radius 1 is 1.24 bits per heavy atom. The lowest BCUT2D eigenvalue weighted by Crippen LogP contribution is -2.37. The van der Waals surface area contributed by atoms with E-state index in [1.165, 1.54) is 6.07 Å². The van der Waals surface area contributed by atoms with E-state index in [1.54, 1.807) is 30.5 Å². The van der Waals surface area contributed by atoms with E-state index in [1.807, 2.05) is 30.4 Å². The fourth-order valence-electron chi connectivity index (χ4n) is 3.80. The van der Waals surface area contributed by atoms with Gasteiger partial charge in [-0.2, -0.15) is 5.26 Å².